The van der Waals surface area contributed by atoms with Crippen molar-refractivity contribution in [3.05, 3.63) is 64.1 Å². The van der Waals surface area contributed by atoms with Gasteiger partial charge in [-0.3, -0.25) is 4.79 Å². The summed E-state index contributed by atoms with van der Waals surface area (Å²) in [5, 5.41) is 5.20. The molecule has 21 heavy (non-hydrogen) atoms. The maximum absolute atomic E-state index is 11.6. The Morgan fingerprint density at radius 2 is 1.90 bits per heavy atom. The van der Waals surface area contributed by atoms with Gasteiger partial charge in [0.2, 0.25) is 5.91 Å². The smallest absolute Gasteiger partial charge is 0.250 e. The van der Waals surface area contributed by atoms with Crippen LogP contribution in [-0.4, -0.2) is 17.9 Å². The highest BCUT2D eigenvalue weighted by Gasteiger charge is 2.01. The van der Waals surface area contributed by atoms with Crippen LogP contribution in [0.2, 0.25) is 10.0 Å². The number of amides is 1. The van der Waals surface area contributed by atoms with Crippen LogP contribution in [0.5, 0.6) is 0 Å². The van der Waals surface area contributed by atoms with Gasteiger partial charge in [0, 0.05) is 14.9 Å². The van der Waals surface area contributed by atoms with Crippen molar-refractivity contribution in [2.45, 2.75) is 4.90 Å². The fourth-order valence-corrected chi connectivity index (χ4v) is 2.49. The number of hydrogen-bond acceptors (Lipinski definition) is 3. The van der Waals surface area contributed by atoms with Crippen LogP contribution in [0, 0.1) is 0 Å². The van der Waals surface area contributed by atoms with Gasteiger partial charge in [-0.2, -0.15) is 5.10 Å². The number of carbonyl (C=O) groups is 1. The summed E-state index contributed by atoms with van der Waals surface area (Å²) in [6.07, 6.45) is 1.55. The normalized spacial score (nSPS) is 10.8. The van der Waals surface area contributed by atoms with Gasteiger partial charge < -0.3 is 0 Å². The number of hydrazone groups is 1. The van der Waals surface area contributed by atoms with Gasteiger partial charge >= 0.3 is 0 Å². The molecule has 0 aliphatic heterocycles. The number of benzene rings is 2. The molecule has 0 saturated carbocycles. The van der Waals surface area contributed by atoms with Gasteiger partial charge in [-0.05, 0) is 42.0 Å². The average Bonchev–Trinajstić information content (AvgIpc) is 2.47. The highest BCUT2D eigenvalue weighted by atomic mass is 35.5. The molecule has 2 aromatic rings. The summed E-state index contributed by atoms with van der Waals surface area (Å²) in [6.45, 7) is 0. The molecule has 0 aliphatic carbocycles. The molecule has 0 spiro atoms. The molecule has 0 fully saturated rings. The number of halogens is 2. The van der Waals surface area contributed by atoms with Gasteiger partial charge in [0.25, 0.3) is 0 Å². The quantitative estimate of drug-likeness (QED) is 0.503. The molecule has 3 nitrogen and oxygen atoms in total. The van der Waals surface area contributed by atoms with Crippen LogP contribution in [-0.2, 0) is 4.79 Å². The standard InChI is InChI=1S/C15H12Cl2N2OS/c16-12-4-6-14(7-5-12)21-10-15(20)19-18-9-11-2-1-3-13(17)8-11/h1-9H,10H2,(H,19,20). The Kier molecular flexibility index (Phi) is 6.11. The van der Waals surface area contributed by atoms with Gasteiger partial charge in [0.15, 0.2) is 0 Å². The number of nitrogens with zero attached hydrogens (tertiary/aromatic N) is 1. The first-order valence-corrected chi connectivity index (χ1v) is 7.83. The lowest BCUT2D eigenvalue weighted by molar-refractivity contribution is -0.118. The number of hydrogen-bond donors (Lipinski definition) is 1. The average molecular weight is 339 g/mol. The van der Waals surface area contributed by atoms with Crippen molar-refractivity contribution in [2.75, 3.05) is 5.75 Å². The van der Waals surface area contributed by atoms with Crippen LogP contribution in [0.1, 0.15) is 5.56 Å². The van der Waals surface area contributed by atoms with Crippen LogP contribution in [0.3, 0.4) is 0 Å². The molecule has 0 aromatic heterocycles. The van der Waals surface area contributed by atoms with Crippen LogP contribution >= 0.6 is 35.0 Å². The summed E-state index contributed by atoms with van der Waals surface area (Å²) in [5.41, 5.74) is 3.30. The van der Waals surface area contributed by atoms with Crippen molar-refractivity contribution in [3.63, 3.8) is 0 Å². The lowest BCUT2D eigenvalue weighted by Gasteiger charge is -2.01. The maximum Gasteiger partial charge on any atom is 0.250 e. The summed E-state index contributed by atoms with van der Waals surface area (Å²) in [5.74, 6) is 0.113. The summed E-state index contributed by atoms with van der Waals surface area (Å²) in [6, 6.07) is 14.5. The van der Waals surface area contributed by atoms with Crippen LogP contribution in [0.4, 0.5) is 0 Å². The first-order valence-electron chi connectivity index (χ1n) is 6.09. The van der Waals surface area contributed by atoms with Gasteiger partial charge in [0.05, 0.1) is 12.0 Å². The fraction of sp³-hybridized carbons (Fsp3) is 0.0667. The minimum absolute atomic E-state index is 0.173. The molecule has 0 unspecified atom stereocenters. The van der Waals surface area contributed by atoms with Gasteiger partial charge in [-0.25, -0.2) is 5.43 Å². The molecule has 0 heterocycles. The van der Waals surface area contributed by atoms with Gasteiger partial charge in [-0.1, -0.05) is 35.3 Å². The molecule has 0 radical (unpaired) electrons. The van der Waals surface area contributed by atoms with Crippen molar-refractivity contribution in [1.29, 1.82) is 0 Å². The second-order valence-corrected chi connectivity index (χ2v) is 6.01. The lowest BCUT2D eigenvalue weighted by atomic mass is 10.2. The van der Waals surface area contributed by atoms with E-state index in [4.69, 9.17) is 23.2 Å². The second-order valence-electron chi connectivity index (χ2n) is 4.09. The molecule has 0 bridgehead atoms. The van der Waals surface area contributed by atoms with E-state index >= 15 is 0 Å². The Hall–Kier alpha value is -1.49. The minimum atomic E-state index is -0.173. The van der Waals surface area contributed by atoms with E-state index in [1.165, 1.54) is 11.8 Å². The summed E-state index contributed by atoms with van der Waals surface area (Å²) in [4.78, 5) is 12.6. The second kappa shape index (κ2) is 8.08. The van der Waals surface area contributed by atoms with E-state index in [-0.39, 0.29) is 11.7 Å². The topological polar surface area (TPSA) is 41.5 Å². The SMILES string of the molecule is O=C(CSc1ccc(Cl)cc1)NN=Cc1cccc(Cl)c1. The van der Waals surface area contributed by atoms with E-state index < -0.39 is 0 Å². The molecule has 1 N–H and O–H groups in total. The Morgan fingerprint density at radius 1 is 1.14 bits per heavy atom. The van der Waals surface area contributed by atoms with Crippen LogP contribution in [0.25, 0.3) is 0 Å². The third kappa shape index (κ3) is 5.79. The van der Waals surface area contributed by atoms with Crippen molar-refractivity contribution >= 4 is 47.1 Å². The summed E-state index contributed by atoms with van der Waals surface area (Å²) in [7, 11) is 0. The van der Waals surface area contributed by atoms with Crippen LogP contribution < -0.4 is 5.43 Å². The molecule has 0 atom stereocenters. The highest BCUT2D eigenvalue weighted by molar-refractivity contribution is 8.00. The molecule has 2 rings (SSSR count). The fourth-order valence-electron chi connectivity index (χ4n) is 1.48. The largest absolute Gasteiger partial charge is 0.272 e. The predicted octanol–water partition coefficient (Wildman–Crippen LogP) is 4.24. The van der Waals surface area contributed by atoms with Crippen molar-refractivity contribution < 1.29 is 4.79 Å². The summed E-state index contributed by atoms with van der Waals surface area (Å²) >= 11 is 13.1. The van der Waals surface area contributed by atoms with E-state index in [1.54, 1.807) is 30.5 Å². The monoisotopic (exact) mass is 338 g/mol. The molecule has 2 aromatic carbocycles. The Morgan fingerprint density at radius 3 is 2.62 bits per heavy atom. The minimum Gasteiger partial charge on any atom is -0.272 e. The van der Waals surface area contributed by atoms with Gasteiger partial charge in [0.1, 0.15) is 0 Å². The molecular formula is C15H12Cl2N2OS. The van der Waals surface area contributed by atoms with Crippen molar-refractivity contribution in [1.82, 2.24) is 5.43 Å². The number of carbonyl (C=O) groups excluding carboxylic acids is 1. The molecular weight excluding hydrogens is 327 g/mol. The maximum atomic E-state index is 11.6. The van der Waals surface area contributed by atoms with E-state index in [0.717, 1.165) is 10.5 Å². The number of nitrogens with one attached hydrogen (secondary N) is 1. The molecule has 0 saturated heterocycles. The zero-order chi connectivity index (χ0) is 15.1. The third-order valence-electron chi connectivity index (χ3n) is 2.44. The van der Waals surface area contributed by atoms with Crippen molar-refractivity contribution in [2.24, 2.45) is 5.10 Å². The van der Waals surface area contributed by atoms with E-state index in [1.807, 2.05) is 24.3 Å². The number of rotatable bonds is 5. The number of thioether (sulfide) groups is 1. The Bertz CT molecular complexity index is 644. The summed E-state index contributed by atoms with van der Waals surface area (Å²) < 4.78 is 0. The molecule has 108 valence electrons. The Labute approximate surface area is 137 Å². The Balaban J connectivity index is 1.78. The molecule has 0 aliphatic rings. The zero-order valence-electron chi connectivity index (χ0n) is 10.9. The molecule has 1 amide bonds. The first kappa shape index (κ1) is 15.9. The van der Waals surface area contributed by atoms with Gasteiger partial charge in [-0.15, -0.1) is 11.8 Å². The first-order chi connectivity index (χ1) is 10.1. The van der Waals surface area contributed by atoms with E-state index in [9.17, 15) is 4.79 Å². The highest BCUT2D eigenvalue weighted by Crippen LogP contribution is 2.19. The van der Waals surface area contributed by atoms with E-state index in [0.29, 0.717) is 10.0 Å². The molecule has 6 heteroatoms. The van der Waals surface area contributed by atoms with E-state index in [2.05, 4.69) is 10.5 Å². The zero-order valence-corrected chi connectivity index (χ0v) is 13.3. The lowest BCUT2D eigenvalue weighted by Crippen LogP contribution is -2.19. The predicted molar refractivity (Wildman–Crippen MR) is 89.4 cm³/mol. The van der Waals surface area contributed by atoms with Crippen molar-refractivity contribution in [3.8, 4) is 0 Å². The third-order valence-corrected chi connectivity index (χ3v) is 3.93. The van der Waals surface area contributed by atoms with Crippen LogP contribution in [0.15, 0.2) is 58.5 Å².